The molecule has 1 aliphatic rings. The highest BCUT2D eigenvalue weighted by Gasteiger charge is 2.35. The number of hydrogen-bond acceptors (Lipinski definition) is 7. The fraction of sp³-hybridized carbons (Fsp3) is 0.120. The molecular formula is C25H20ClNO6S2. The van der Waals surface area contributed by atoms with Crippen molar-refractivity contribution in [2.75, 3.05) is 7.11 Å². The Kier molecular flexibility index (Phi) is 7.20. The molecule has 1 saturated heterocycles. The lowest BCUT2D eigenvalue weighted by Gasteiger charge is -2.13. The van der Waals surface area contributed by atoms with Gasteiger partial charge in [-0.1, -0.05) is 47.5 Å². The summed E-state index contributed by atoms with van der Waals surface area (Å²) in [4.78, 5) is 26.7. The van der Waals surface area contributed by atoms with Crippen LogP contribution in [-0.2, 0) is 21.5 Å². The number of methoxy groups -OCH3 is 1. The van der Waals surface area contributed by atoms with Gasteiger partial charge in [-0.3, -0.25) is 14.5 Å². The van der Waals surface area contributed by atoms with Crippen molar-refractivity contribution < 1.29 is 26.9 Å². The largest absolute Gasteiger partial charge is 0.493 e. The maximum Gasteiger partial charge on any atom is 0.339 e. The molecule has 3 aromatic carbocycles. The Labute approximate surface area is 212 Å². The standard InChI is InChI=1S/C25H20ClNO6S2/c1-16-3-5-17(6-4-16)15-27-24(28)23(34-25(27)29)14-18-7-12-21(22(13-18)32-2)33-35(30,31)20-10-8-19(26)9-11-20/h3-14H,15H2,1-2H3/b23-14-. The van der Waals surface area contributed by atoms with Crippen LogP contribution >= 0.6 is 23.4 Å². The van der Waals surface area contributed by atoms with Crippen LogP contribution in [0.5, 0.6) is 11.5 Å². The molecule has 0 aliphatic carbocycles. The van der Waals surface area contributed by atoms with Gasteiger partial charge in [0.1, 0.15) is 4.90 Å². The van der Waals surface area contributed by atoms with E-state index in [1.807, 2.05) is 31.2 Å². The lowest BCUT2D eigenvalue weighted by atomic mass is 10.1. The third kappa shape index (κ3) is 5.70. The van der Waals surface area contributed by atoms with Crippen LogP contribution in [0, 0.1) is 6.92 Å². The molecule has 0 bridgehead atoms. The predicted octanol–water partition coefficient (Wildman–Crippen LogP) is 5.66. The molecule has 0 unspecified atom stereocenters. The molecule has 0 radical (unpaired) electrons. The predicted molar refractivity (Wildman–Crippen MR) is 135 cm³/mol. The molecule has 1 fully saturated rings. The number of rotatable bonds is 7. The molecule has 0 N–H and O–H groups in total. The fourth-order valence-electron chi connectivity index (χ4n) is 3.27. The lowest BCUT2D eigenvalue weighted by molar-refractivity contribution is -0.123. The summed E-state index contributed by atoms with van der Waals surface area (Å²) >= 11 is 6.67. The number of benzene rings is 3. The van der Waals surface area contributed by atoms with E-state index in [1.165, 1.54) is 48.4 Å². The third-order valence-corrected chi connectivity index (χ3v) is 7.53. The van der Waals surface area contributed by atoms with E-state index in [0.717, 1.165) is 22.9 Å². The molecule has 3 aromatic rings. The molecule has 4 rings (SSSR count). The zero-order valence-corrected chi connectivity index (χ0v) is 21.1. The van der Waals surface area contributed by atoms with E-state index in [1.54, 1.807) is 12.1 Å². The van der Waals surface area contributed by atoms with Gasteiger partial charge in [-0.15, -0.1) is 0 Å². The summed E-state index contributed by atoms with van der Waals surface area (Å²) in [5, 5.41) is 0.0389. The van der Waals surface area contributed by atoms with E-state index in [-0.39, 0.29) is 33.1 Å². The van der Waals surface area contributed by atoms with E-state index in [4.69, 9.17) is 20.5 Å². The summed E-state index contributed by atoms with van der Waals surface area (Å²) in [5.41, 5.74) is 2.48. The molecule has 0 aromatic heterocycles. The van der Waals surface area contributed by atoms with Gasteiger partial charge in [0.15, 0.2) is 11.5 Å². The molecule has 180 valence electrons. The zero-order chi connectivity index (χ0) is 25.2. The van der Waals surface area contributed by atoms with E-state index in [0.29, 0.717) is 10.6 Å². The maximum atomic E-state index is 12.9. The number of aryl methyl sites for hydroxylation is 1. The monoisotopic (exact) mass is 529 g/mol. The number of carbonyl (C=O) groups is 2. The highest BCUT2D eigenvalue weighted by atomic mass is 35.5. The summed E-state index contributed by atoms with van der Waals surface area (Å²) in [7, 11) is -2.75. The van der Waals surface area contributed by atoms with Crippen molar-refractivity contribution in [2.45, 2.75) is 18.4 Å². The second-order valence-electron chi connectivity index (χ2n) is 7.66. The van der Waals surface area contributed by atoms with Crippen LogP contribution in [0.1, 0.15) is 16.7 Å². The smallest absolute Gasteiger partial charge is 0.339 e. The van der Waals surface area contributed by atoms with Crippen molar-refractivity contribution in [3.63, 3.8) is 0 Å². The van der Waals surface area contributed by atoms with Crippen LogP contribution in [0.25, 0.3) is 6.08 Å². The molecule has 1 aliphatic heterocycles. The lowest BCUT2D eigenvalue weighted by Crippen LogP contribution is -2.27. The van der Waals surface area contributed by atoms with Crippen LogP contribution < -0.4 is 8.92 Å². The number of thioether (sulfide) groups is 1. The molecule has 7 nitrogen and oxygen atoms in total. The summed E-state index contributed by atoms with van der Waals surface area (Å²) in [5.74, 6) is -0.271. The van der Waals surface area contributed by atoms with Crippen molar-refractivity contribution in [1.29, 1.82) is 0 Å². The molecule has 35 heavy (non-hydrogen) atoms. The topological polar surface area (TPSA) is 90.0 Å². The first-order valence-electron chi connectivity index (χ1n) is 10.4. The van der Waals surface area contributed by atoms with E-state index >= 15 is 0 Å². The van der Waals surface area contributed by atoms with Crippen LogP contribution in [0.2, 0.25) is 5.02 Å². The zero-order valence-electron chi connectivity index (χ0n) is 18.7. The minimum absolute atomic E-state index is 0.0212. The van der Waals surface area contributed by atoms with Crippen LogP contribution in [-0.4, -0.2) is 31.6 Å². The number of imide groups is 1. The number of nitrogens with zero attached hydrogens (tertiary/aromatic N) is 1. The maximum absolute atomic E-state index is 12.9. The molecule has 0 atom stereocenters. The molecule has 0 spiro atoms. The highest BCUT2D eigenvalue weighted by Crippen LogP contribution is 2.36. The van der Waals surface area contributed by atoms with Crippen LogP contribution in [0.15, 0.2) is 76.5 Å². The highest BCUT2D eigenvalue weighted by molar-refractivity contribution is 8.18. The summed E-state index contributed by atoms with van der Waals surface area (Å²) in [6.07, 6.45) is 1.56. The second-order valence-corrected chi connectivity index (χ2v) is 10.6. The minimum atomic E-state index is -4.12. The fourth-order valence-corrected chi connectivity index (χ4v) is 5.18. The van der Waals surface area contributed by atoms with Gasteiger partial charge in [0.25, 0.3) is 11.1 Å². The first-order chi connectivity index (χ1) is 16.7. The molecule has 2 amide bonds. The van der Waals surface area contributed by atoms with Gasteiger partial charge >= 0.3 is 10.1 Å². The van der Waals surface area contributed by atoms with Crippen molar-refractivity contribution in [1.82, 2.24) is 4.90 Å². The Morgan fingerprint density at radius 1 is 0.971 bits per heavy atom. The second kappa shape index (κ2) is 10.2. The number of ether oxygens (including phenoxy) is 1. The first-order valence-corrected chi connectivity index (χ1v) is 13.0. The summed E-state index contributed by atoms with van der Waals surface area (Å²) in [6.45, 7) is 2.14. The van der Waals surface area contributed by atoms with Gasteiger partial charge < -0.3 is 8.92 Å². The normalized spacial score (nSPS) is 15.1. The molecule has 0 saturated carbocycles. The first kappa shape index (κ1) is 24.8. The van der Waals surface area contributed by atoms with Gasteiger partial charge in [0, 0.05) is 5.02 Å². The van der Waals surface area contributed by atoms with Gasteiger partial charge in [0.05, 0.1) is 18.6 Å². The summed E-state index contributed by atoms with van der Waals surface area (Å²) in [6, 6.07) is 17.7. The van der Waals surface area contributed by atoms with Crippen molar-refractivity contribution in [2.24, 2.45) is 0 Å². The van der Waals surface area contributed by atoms with E-state index < -0.39 is 16.0 Å². The number of hydrogen-bond donors (Lipinski definition) is 0. The quantitative estimate of drug-likeness (QED) is 0.288. The van der Waals surface area contributed by atoms with Crippen LogP contribution in [0.3, 0.4) is 0 Å². The van der Waals surface area contributed by atoms with Gasteiger partial charge in [-0.25, -0.2) is 0 Å². The average molecular weight is 530 g/mol. The van der Waals surface area contributed by atoms with Crippen molar-refractivity contribution in [3.8, 4) is 11.5 Å². The Morgan fingerprint density at radius 3 is 2.31 bits per heavy atom. The number of carbonyl (C=O) groups excluding carboxylic acids is 2. The average Bonchev–Trinajstić information content (AvgIpc) is 3.08. The SMILES string of the molecule is COc1cc(/C=C2\SC(=O)N(Cc3ccc(C)cc3)C2=O)ccc1OS(=O)(=O)c1ccc(Cl)cc1. The van der Waals surface area contributed by atoms with Crippen LogP contribution in [0.4, 0.5) is 4.79 Å². The van der Waals surface area contributed by atoms with Crippen molar-refractivity contribution in [3.05, 3.63) is 93.3 Å². The molecule has 10 heteroatoms. The Bertz CT molecular complexity index is 1420. The Balaban J connectivity index is 1.54. The molecule has 1 heterocycles. The van der Waals surface area contributed by atoms with Crippen molar-refractivity contribution >= 4 is 50.7 Å². The minimum Gasteiger partial charge on any atom is -0.493 e. The Hall–Kier alpha value is -3.27. The summed E-state index contributed by atoms with van der Waals surface area (Å²) < 4.78 is 35.8. The van der Waals surface area contributed by atoms with E-state index in [2.05, 4.69) is 0 Å². The van der Waals surface area contributed by atoms with E-state index in [9.17, 15) is 18.0 Å². The van der Waals surface area contributed by atoms with Gasteiger partial charge in [-0.05, 0) is 72.3 Å². The number of amides is 2. The third-order valence-electron chi connectivity index (χ3n) is 5.12. The van der Waals surface area contributed by atoms with Gasteiger partial charge in [-0.2, -0.15) is 8.42 Å². The molecular weight excluding hydrogens is 510 g/mol. The Morgan fingerprint density at radius 2 is 1.66 bits per heavy atom. The van der Waals surface area contributed by atoms with Gasteiger partial charge in [0.2, 0.25) is 0 Å². The number of halogens is 1.